The molecule has 0 unspecified atom stereocenters. The zero-order valence-electron chi connectivity index (χ0n) is 17.5. The number of allylic oxidation sites excluding steroid dienone is 1. The summed E-state index contributed by atoms with van der Waals surface area (Å²) in [4.78, 5) is 0. The van der Waals surface area contributed by atoms with Crippen LogP contribution in [0.5, 0.6) is 0 Å². The Kier molecular flexibility index (Phi) is 6.21. The third-order valence-corrected chi connectivity index (χ3v) is 5.22. The maximum absolute atomic E-state index is 9.69. The van der Waals surface area contributed by atoms with Gasteiger partial charge in [0.15, 0.2) is 0 Å². The molecule has 0 spiro atoms. The van der Waals surface area contributed by atoms with Crippen LogP contribution in [-0.2, 0) is 0 Å². The lowest BCUT2D eigenvalue weighted by atomic mass is 9.99. The summed E-state index contributed by atoms with van der Waals surface area (Å²) in [7, 11) is 0. The van der Waals surface area contributed by atoms with E-state index in [2.05, 4.69) is 85.8 Å². The molecular formula is C30H23N. The first-order valence-electron chi connectivity index (χ1n) is 10.3. The second kappa shape index (κ2) is 9.57. The largest absolute Gasteiger partial charge is 0.192 e. The van der Waals surface area contributed by atoms with Crippen molar-refractivity contribution in [1.29, 1.82) is 5.26 Å². The summed E-state index contributed by atoms with van der Waals surface area (Å²) in [6.07, 6.45) is 6.13. The van der Waals surface area contributed by atoms with Crippen molar-refractivity contribution in [2.45, 2.75) is 6.92 Å². The van der Waals surface area contributed by atoms with Crippen LogP contribution < -0.4 is 0 Å². The van der Waals surface area contributed by atoms with E-state index in [0.29, 0.717) is 5.57 Å². The molecule has 0 amide bonds. The van der Waals surface area contributed by atoms with Crippen LogP contribution >= 0.6 is 0 Å². The Bertz CT molecular complexity index is 1240. The summed E-state index contributed by atoms with van der Waals surface area (Å²) in [6, 6.07) is 37.5. The zero-order valence-corrected chi connectivity index (χ0v) is 17.5. The molecule has 4 aromatic carbocycles. The Balaban J connectivity index is 1.51. The van der Waals surface area contributed by atoms with Crippen molar-refractivity contribution in [3.05, 3.63) is 131 Å². The normalized spacial score (nSPS) is 11.4. The van der Waals surface area contributed by atoms with Gasteiger partial charge in [-0.15, -0.1) is 0 Å². The van der Waals surface area contributed by atoms with Gasteiger partial charge in [0, 0.05) is 0 Å². The van der Waals surface area contributed by atoms with Crippen molar-refractivity contribution in [1.82, 2.24) is 0 Å². The van der Waals surface area contributed by atoms with Gasteiger partial charge in [-0.2, -0.15) is 5.26 Å². The lowest BCUT2D eigenvalue weighted by molar-refractivity contribution is 1.47. The van der Waals surface area contributed by atoms with E-state index in [4.69, 9.17) is 0 Å². The number of nitriles is 1. The molecule has 0 atom stereocenters. The average Bonchev–Trinajstić information content (AvgIpc) is 2.83. The van der Waals surface area contributed by atoms with Crippen LogP contribution in [0.25, 0.3) is 34.9 Å². The molecule has 0 saturated heterocycles. The van der Waals surface area contributed by atoms with Gasteiger partial charge < -0.3 is 0 Å². The van der Waals surface area contributed by atoms with E-state index < -0.39 is 0 Å². The minimum Gasteiger partial charge on any atom is -0.192 e. The first kappa shape index (κ1) is 20.1. The van der Waals surface area contributed by atoms with E-state index in [1.54, 1.807) is 0 Å². The molecule has 0 aliphatic carbocycles. The highest BCUT2D eigenvalue weighted by Crippen LogP contribution is 2.24. The van der Waals surface area contributed by atoms with E-state index in [1.807, 2.05) is 48.5 Å². The summed E-state index contributed by atoms with van der Waals surface area (Å²) in [5.74, 6) is 0. The van der Waals surface area contributed by atoms with Crippen molar-refractivity contribution in [2.24, 2.45) is 0 Å². The van der Waals surface area contributed by atoms with Crippen LogP contribution in [-0.4, -0.2) is 0 Å². The fourth-order valence-corrected chi connectivity index (χ4v) is 3.40. The van der Waals surface area contributed by atoms with E-state index >= 15 is 0 Å². The molecule has 4 aromatic rings. The fourth-order valence-electron chi connectivity index (χ4n) is 3.40. The minimum absolute atomic E-state index is 0.656. The molecule has 0 aromatic heterocycles. The van der Waals surface area contributed by atoms with Crippen LogP contribution in [0, 0.1) is 18.3 Å². The topological polar surface area (TPSA) is 23.8 Å². The van der Waals surface area contributed by atoms with Crippen LogP contribution in [0.1, 0.15) is 27.8 Å². The number of rotatable bonds is 5. The number of hydrogen-bond donors (Lipinski definition) is 0. The molecule has 0 bridgehead atoms. The second-order valence-electron chi connectivity index (χ2n) is 7.52. The predicted molar refractivity (Wildman–Crippen MR) is 132 cm³/mol. The highest BCUT2D eigenvalue weighted by molar-refractivity contribution is 5.90. The standard InChI is InChI=1S/C30H23N/c1-23-7-15-27(16-8-23)28-17-19-29(20-18-28)30(22-31)21-26-13-11-25(12-14-26)10-9-24-5-3-2-4-6-24/h2-21H,1H3/b10-9+,30-21-. The van der Waals surface area contributed by atoms with Crippen LogP contribution in [0.2, 0.25) is 0 Å². The maximum atomic E-state index is 9.69. The Morgan fingerprint density at radius 1 is 0.613 bits per heavy atom. The van der Waals surface area contributed by atoms with E-state index in [1.165, 1.54) is 16.7 Å². The number of benzene rings is 4. The monoisotopic (exact) mass is 397 g/mol. The van der Waals surface area contributed by atoms with E-state index in [-0.39, 0.29) is 0 Å². The number of aryl methyl sites for hydroxylation is 1. The smallest absolute Gasteiger partial charge is 0.0998 e. The van der Waals surface area contributed by atoms with Crippen LogP contribution in [0.3, 0.4) is 0 Å². The lowest BCUT2D eigenvalue weighted by Gasteiger charge is -2.05. The zero-order chi connectivity index (χ0) is 21.5. The van der Waals surface area contributed by atoms with Crippen molar-refractivity contribution < 1.29 is 0 Å². The Morgan fingerprint density at radius 2 is 1.13 bits per heavy atom. The van der Waals surface area contributed by atoms with Gasteiger partial charge in [0.1, 0.15) is 0 Å². The van der Waals surface area contributed by atoms with Gasteiger partial charge in [0.05, 0.1) is 11.6 Å². The van der Waals surface area contributed by atoms with E-state index in [0.717, 1.165) is 22.3 Å². The van der Waals surface area contributed by atoms with Crippen molar-refractivity contribution in [3.63, 3.8) is 0 Å². The van der Waals surface area contributed by atoms with Crippen molar-refractivity contribution >= 4 is 23.8 Å². The molecule has 1 heteroatoms. The Hall–Kier alpha value is -4.15. The molecule has 0 radical (unpaired) electrons. The summed E-state index contributed by atoms with van der Waals surface area (Å²) < 4.78 is 0. The molecule has 31 heavy (non-hydrogen) atoms. The third kappa shape index (κ3) is 5.26. The van der Waals surface area contributed by atoms with Gasteiger partial charge in [-0.25, -0.2) is 0 Å². The van der Waals surface area contributed by atoms with Gasteiger partial charge >= 0.3 is 0 Å². The molecule has 0 aliphatic rings. The SMILES string of the molecule is Cc1ccc(-c2ccc(/C(C#N)=C\c3ccc(/C=C/c4ccccc4)cc3)cc2)cc1. The average molecular weight is 398 g/mol. The number of hydrogen-bond acceptors (Lipinski definition) is 1. The molecule has 0 N–H and O–H groups in total. The Labute approximate surface area is 184 Å². The maximum Gasteiger partial charge on any atom is 0.0998 e. The summed E-state index contributed by atoms with van der Waals surface area (Å²) in [5, 5.41) is 9.69. The molecular weight excluding hydrogens is 374 g/mol. The molecule has 1 nitrogen and oxygen atoms in total. The van der Waals surface area contributed by atoms with Gasteiger partial charge in [-0.3, -0.25) is 0 Å². The highest BCUT2D eigenvalue weighted by atomic mass is 14.2. The minimum atomic E-state index is 0.656. The predicted octanol–water partition coefficient (Wildman–Crippen LogP) is 7.90. The van der Waals surface area contributed by atoms with Crippen molar-refractivity contribution in [2.75, 3.05) is 0 Å². The quantitative estimate of drug-likeness (QED) is 0.248. The first-order chi connectivity index (χ1) is 15.2. The van der Waals surface area contributed by atoms with Crippen LogP contribution in [0.15, 0.2) is 103 Å². The molecule has 0 saturated carbocycles. The molecule has 0 fully saturated rings. The Morgan fingerprint density at radius 3 is 1.71 bits per heavy atom. The summed E-state index contributed by atoms with van der Waals surface area (Å²) in [6.45, 7) is 2.09. The molecule has 148 valence electrons. The van der Waals surface area contributed by atoms with Gasteiger partial charge in [-0.1, -0.05) is 121 Å². The fraction of sp³-hybridized carbons (Fsp3) is 0.0333. The first-order valence-corrected chi connectivity index (χ1v) is 10.3. The van der Waals surface area contributed by atoms with Gasteiger partial charge in [0.25, 0.3) is 0 Å². The third-order valence-electron chi connectivity index (χ3n) is 5.22. The van der Waals surface area contributed by atoms with Crippen LogP contribution in [0.4, 0.5) is 0 Å². The number of nitrogens with zero attached hydrogens (tertiary/aromatic N) is 1. The molecule has 0 heterocycles. The lowest BCUT2D eigenvalue weighted by Crippen LogP contribution is -1.84. The highest BCUT2D eigenvalue weighted by Gasteiger charge is 2.03. The van der Waals surface area contributed by atoms with Gasteiger partial charge in [0.2, 0.25) is 0 Å². The van der Waals surface area contributed by atoms with Crippen molar-refractivity contribution in [3.8, 4) is 17.2 Å². The van der Waals surface area contributed by atoms with Gasteiger partial charge in [-0.05, 0) is 46.4 Å². The second-order valence-corrected chi connectivity index (χ2v) is 7.52. The molecule has 4 rings (SSSR count). The van der Waals surface area contributed by atoms with E-state index in [9.17, 15) is 5.26 Å². The summed E-state index contributed by atoms with van der Waals surface area (Å²) in [5.41, 5.74) is 8.46. The molecule has 0 aliphatic heterocycles. The summed E-state index contributed by atoms with van der Waals surface area (Å²) >= 11 is 0.